The molecule has 0 heterocycles. The van der Waals surface area contributed by atoms with E-state index in [2.05, 4.69) is 10.9 Å². The molecular weight excluding hydrogens is 296 g/mol. The Kier molecular flexibility index (Phi) is 7.94. The molecule has 1 rings (SSSR count). The quantitative estimate of drug-likeness (QED) is 0.722. The van der Waals surface area contributed by atoms with E-state index in [1.54, 1.807) is 18.2 Å². The molecule has 0 aliphatic heterocycles. The second-order valence-corrected chi connectivity index (χ2v) is 5.65. The number of carbonyl (C=O) groups is 2. The molecule has 0 fully saturated rings. The van der Waals surface area contributed by atoms with Crippen molar-refractivity contribution in [2.45, 2.75) is 40.0 Å². The largest absolute Gasteiger partial charge is 0.493 e. The van der Waals surface area contributed by atoms with Gasteiger partial charge in [0.25, 0.3) is 5.91 Å². The minimum absolute atomic E-state index is 0.207. The maximum absolute atomic E-state index is 12.1. The zero-order valence-electron chi connectivity index (χ0n) is 14.3. The molecule has 0 radical (unpaired) electrons. The van der Waals surface area contributed by atoms with Crippen molar-refractivity contribution in [3.63, 3.8) is 0 Å². The number of carbonyl (C=O) groups excluding carboxylic acids is 2. The van der Waals surface area contributed by atoms with Crippen molar-refractivity contribution in [3.05, 3.63) is 23.8 Å². The molecule has 0 saturated heterocycles. The van der Waals surface area contributed by atoms with Gasteiger partial charge in [-0.05, 0) is 37.0 Å². The van der Waals surface area contributed by atoms with E-state index in [0.717, 1.165) is 12.8 Å². The van der Waals surface area contributed by atoms with Crippen molar-refractivity contribution < 1.29 is 19.1 Å². The van der Waals surface area contributed by atoms with E-state index >= 15 is 0 Å². The maximum Gasteiger partial charge on any atom is 0.269 e. The normalized spacial score (nSPS) is 10.3. The van der Waals surface area contributed by atoms with Gasteiger partial charge < -0.3 is 9.47 Å². The third-order valence-corrected chi connectivity index (χ3v) is 3.15. The zero-order chi connectivity index (χ0) is 17.2. The van der Waals surface area contributed by atoms with Gasteiger partial charge in [-0.1, -0.05) is 20.8 Å². The summed E-state index contributed by atoms with van der Waals surface area (Å²) in [5, 5.41) is 0. The van der Waals surface area contributed by atoms with Crippen molar-refractivity contribution in [2.24, 2.45) is 5.92 Å². The fourth-order valence-electron chi connectivity index (χ4n) is 1.82. The predicted molar refractivity (Wildman–Crippen MR) is 88.5 cm³/mol. The Morgan fingerprint density at radius 3 is 2.52 bits per heavy atom. The van der Waals surface area contributed by atoms with Crippen molar-refractivity contribution in [3.8, 4) is 11.5 Å². The Hall–Kier alpha value is -2.24. The lowest BCUT2D eigenvalue weighted by Gasteiger charge is -2.12. The molecule has 0 unspecified atom stereocenters. The molecule has 1 aromatic carbocycles. The predicted octanol–water partition coefficient (Wildman–Crippen LogP) is 2.68. The van der Waals surface area contributed by atoms with Crippen LogP contribution in [0.5, 0.6) is 11.5 Å². The van der Waals surface area contributed by atoms with Crippen LogP contribution in [0.15, 0.2) is 18.2 Å². The van der Waals surface area contributed by atoms with E-state index in [1.165, 1.54) is 7.11 Å². The summed E-state index contributed by atoms with van der Waals surface area (Å²) in [4.78, 5) is 23.7. The smallest absolute Gasteiger partial charge is 0.269 e. The van der Waals surface area contributed by atoms with Crippen LogP contribution in [0.3, 0.4) is 0 Å². The highest BCUT2D eigenvalue weighted by molar-refractivity contribution is 5.96. The minimum Gasteiger partial charge on any atom is -0.493 e. The topological polar surface area (TPSA) is 76.7 Å². The Labute approximate surface area is 137 Å². The molecule has 0 aliphatic rings. The molecule has 2 N–H and O–H groups in total. The monoisotopic (exact) mass is 322 g/mol. The van der Waals surface area contributed by atoms with Crippen LogP contribution in [-0.4, -0.2) is 25.5 Å². The number of amides is 2. The average molecular weight is 322 g/mol. The molecule has 23 heavy (non-hydrogen) atoms. The summed E-state index contributed by atoms with van der Waals surface area (Å²) < 4.78 is 10.8. The molecule has 0 bridgehead atoms. The van der Waals surface area contributed by atoms with E-state index in [9.17, 15) is 9.59 Å². The third kappa shape index (κ3) is 6.59. The number of hydrogen-bond acceptors (Lipinski definition) is 4. The number of rotatable bonds is 8. The second kappa shape index (κ2) is 9.71. The van der Waals surface area contributed by atoms with Crippen LogP contribution in [0.1, 0.15) is 50.4 Å². The highest BCUT2D eigenvalue weighted by Crippen LogP contribution is 2.28. The van der Waals surface area contributed by atoms with Gasteiger partial charge >= 0.3 is 0 Å². The van der Waals surface area contributed by atoms with E-state index in [-0.39, 0.29) is 5.91 Å². The Balaban J connectivity index is 2.60. The second-order valence-electron chi connectivity index (χ2n) is 5.65. The van der Waals surface area contributed by atoms with Gasteiger partial charge in [-0.15, -0.1) is 0 Å². The van der Waals surface area contributed by atoms with Crippen LogP contribution in [-0.2, 0) is 4.79 Å². The molecule has 6 nitrogen and oxygen atoms in total. The summed E-state index contributed by atoms with van der Waals surface area (Å²) >= 11 is 0. The number of hydrazine groups is 1. The lowest BCUT2D eigenvalue weighted by molar-refractivity contribution is -0.122. The van der Waals surface area contributed by atoms with Crippen LogP contribution in [0.4, 0.5) is 0 Å². The van der Waals surface area contributed by atoms with Gasteiger partial charge in [0.15, 0.2) is 11.5 Å². The first-order valence-corrected chi connectivity index (χ1v) is 7.88. The summed E-state index contributed by atoms with van der Waals surface area (Å²) in [5.41, 5.74) is 5.20. The molecule has 0 atom stereocenters. The molecule has 1 aromatic rings. The van der Waals surface area contributed by atoms with Crippen molar-refractivity contribution >= 4 is 11.8 Å². The van der Waals surface area contributed by atoms with Gasteiger partial charge in [0.1, 0.15) is 0 Å². The van der Waals surface area contributed by atoms with Crippen molar-refractivity contribution in [1.29, 1.82) is 0 Å². The van der Waals surface area contributed by atoms with Gasteiger partial charge in [-0.3, -0.25) is 20.4 Å². The van der Waals surface area contributed by atoms with Crippen LogP contribution < -0.4 is 20.3 Å². The van der Waals surface area contributed by atoms with Gasteiger partial charge in [-0.25, -0.2) is 0 Å². The van der Waals surface area contributed by atoms with E-state index in [1.807, 2.05) is 20.8 Å². The van der Waals surface area contributed by atoms with Crippen LogP contribution in [0.2, 0.25) is 0 Å². The molecule has 128 valence electrons. The zero-order valence-corrected chi connectivity index (χ0v) is 14.3. The van der Waals surface area contributed by atoms with Gasteiger partial charge in [-0.2, -0.15) is 0 Å². The molecule has 0 aromatic heterocycles. The Bertz CT molecular complexity index is 529. The number of ether oxygens (including phenoxy) is 2. The molecule has 0 saturated carbocycles. The third-order valence-electron chi connectivity index (χ3n) is 3.15. The van der Waals surface area contributed by atoms with Gasteiger partial charge in [0.2, 0.25) is 5.91 Å². The fraction of sp³-hybridized carbons (Fsp3) is 0.529. The van der Waals surface area contributed by atoms with Crippen LogP contribution >= 0.6 is 0 Å². The van der Waals surface area contributed by atoms with Gasteiger partial charge in [0.05, 0.1) is 13.7 Å². The highest BCUT2D eigenvalue weighted by atomic mass is 16.5. The Morgan fingerprint density at radius 1 is 1.17 bits per heavy atom. The summed E-state index contributed by atoms with van der Waals surface area (Å²) in [5.74, 6) is 0.908. The summed E-state index contributed by atoms with van der Waals surface area (Å²) in [6.45, 7) is 6.67. The van der Waals surface area contributed by atoms with E-state index in [0.29, 0.717) is 36.0 Å². The standard InChI is InChI=1S/C17H26N2O4/c1-5-10-23-14-8-7-13(11-15(14)22-4)17(21)19-18-16(20)9-6-12(2)3/h7-8,11-12H,5-6,9-10H2,1-4H3,(H,18,20)(H,19,21). The van der Waals surface area contributed by atoms with Crippen molar-refractivity contribution in [1.82, 2.24) is 10.9 Å². The highest BCUT2D eigenvalue weighted by Gasteiger charge is 2.12. The van der Waals surface area contributed by atoms with E-state index in [4.69, 9.17) is 9.47 Å². The minimum atomic E-state index is -0.400. The molecule has 0 aliphatic carbocycles. The summed E-state index contributed by atoms with van der Waals surface area (Å²) in [7, 11) is 1.52. The summed E-state index contributed by atoms with van der Waals surface area (Å²) in [6, 6.07) is 4.90. The fourth-order valence-corrected chi connectivity index (χ4v) is 1.82. The van der Waals surface area contributed by atoms with E-state index < -0.39 is 5.91 Å². The maximum atomic E-state index is 12.1. The lowest BCUT2D eigenvalue weighted by Crippen LogP contribution is -2.41. The van der Waals surface area contributed by atoms with Gasteiger partial charge in [0, 0.05) is 12.0 Å². The Morgan fingerprint density at radius 2 is 1.91 bits per heavy atom. The SMILES string of the molecule is CCCOc1ccc(C(=O)NNC(=O)CCC(C)C)cc1OC. The first-order valence-electron chi connectivity index (χ1n) is 7.88. The number of benzene rings is 1. The van der Waals surface area contributed by atoms with Crippen LogP contribution in [0, 0.1) is 5.92 Å². The molecule has 2 amide bonds. The number of methoxy groups -OCH3 is 1. The average Bonchev–Trinajstić information content (AvgIpc) is 2.55. The van der Waals surface area contributed by atoms with Crippen LogP contribution in [0.25, 0.3) is 0 Å². The first-order chi connectivity index (χ1) is 11.0. The first kappa shape index (κ1) is 18.8. The molecule has 0 spiro atoms. The summed E-state index contributed by atoms with van der Waals surface area (Å²) in [6.07, 6.45) is 2.04. The number of hydrogen-bond donors (Lipinski definition) is 2. The molecular formula is C17H26N2O4. The molecule has 6 heteroatoms. The van der Waals surface area contributed by atoms with Crippen molar-refractivity contribution in [2.75, 3.05) is 13.7 Å². The number of nitrogens with one attached hydrogen (secondary N) is 2. The lowest BCUT2D eigenvalue weighted by atomic mass is 10.1.